The largest absolute Gasteiger partial charge is 0.370 e. The molecule has 1 N–H and O–H groups in total. The van der Waals surface area contributed by atoms with Crippen LogP contribution in [0.3, 0.4) is 0 Å². The van der Waals surface area contributed by atoms with E-state index in [1.165, 1.54) is 16.2 Å². The van der Waals surface area contributed by atoms with Crippen molar-refractivity contribution in [2.24, 2.45) is 11.8 Å². The quantitative estimate of drug-likeness (QED) is 0.727. The second-order valence-corrected chi connectivity index (χ2v) is 8.81. The van der Waals surface area contributed by atoms with Crippen LogP contribution in [0.25, 0.3) is 0 Å². The number of ether oxygens (including phenoxy) is 1. The van der Waals surface area contributed by atoms with Crippen LogP contribution in [-0.2, 0) is 16.1 Å². The van der Waals surface area contributed by atoms with Crippen LogP contribution in [0.1, 0.15) is 33.1 Å². The number of amides is 1. The van der Waals surface area contributed by atoms with Crippen LogP contribution in [0.4, 0.5) is 0 Å². The monoisotopic (exact) mass is 385 g/mol. The van der Waals surface area contributed by atoms with E-state index in [0.29, 0.717) is 18.4 Å². The summed E-state index contributed by atoms with van der Waals surface area (Å²) in [7, 11) is 0. The topological polar surface area (TPSA) is 63.6 Å². The molecule has 1 amide bonds. The third kappa shape index (κ3) is 3.80. The van der Waals surface area contributed by atoms with Crippen LogP contribution < -0.4 is 10.9 Å². The summed E-state index contributed by atoms with van der Waals surface area (Å²) in [6.07, 6.45) is 7.54. The molecule has 3 saturated heterocycles. The molecule has 6 heteroatoms. The molecule has 28 heavy (non-hydrogen) atoms. The molecular weight excluding hydrogens is 354 g/mol. The minimum Gasteiger partial charge on any atom is -0.370 e. The molecule has 0 radical (unpaired) electrons. The van der Waals surface area contributed by atoms with Gasteiger partial charge in [-0.3, -0.25) is 14.5 Å². The summed E-state index contributed by atoms with van der Waals surface area (Å²) in [5.74, 6) is 0.764. The van der Waals surface area contributed by atoms with Gasteiger partial charge in [0.05, 0.1) is 11.7 Å². The van der Waals surface area contributed by atoms with Crippen molar-refractivity contribution in [3.8, 4) is 0 Å². The second-order valence-electron chi connectivity index (χ2n) is 8.81. The fourth-order valence-electron chi connectivity index (χ4n) is 5.30. The van der Waals surface area contributed by atoms with Gasteiger partial charge < -0.3 is 14.6 Å². The van der Waals surface area contributed by atoms with E-state index in [1.54, 1.807) is 18.3 Å². The molecule has 1 spiro atoms. The van der Waals surface area contributed by atoms with Crippen molar-refractivity contribution in [1.29, 1.82) is 0 Å². The van der Waals surface area contributed by atoms with Gasteiger partial charge in [-0.15, -0.1) is 0 Å². The number of aromatic nitrogens is 1. The normalized spacial score (nSPS) is 31.0. The van der Waals surface area contributed by atoms with Gasteiger partial charge in [0.15, 0.2) is 0 Å². The Bertz CT molecular complexity index is 813. The molecule has 3 aliphatic rings. The molecule has 3 fully saturated rings. The van der Waals surface area contributed by atoms with E-state index in [9.17, 15) is 9.59 Å². The minimum absolute atomic E-state index is 0.00139. The molecule has 1 aromatic heterocycles. The van der Waals surface area contributed by atoms with Gasteiger partial charge in [0.25, 0.3) is 5.56 Å². The van der Waals surface area contributed by atoms with Gasteiger partial charge in [0.1, 0.15) is 6.54 Å². The molecule has 4 rings (SSSR count). The van der Waals surface area contributed by atoms with Crippen molar-refractivity contribution in [2.45, 2.75) is 51.4 Å². The molecular formula is C22H31N3O3. The number of pyridine rings is 1. The van der Waals surface area contributed by atoms with Gasteiger partial charge in [0.2, 0.25) is 5.91 Å². The lowest BCUT2D eigenvalue weighted by Crippen LogP contribution is -2.43. The van der Waals surface area contributed by atoms with Gasteiger partial charge in [-0.1, -0.05) is 17.7 Å². The zero-order valence-electron chi connectivity index (χ0n) is 16.9. The molecule has 4 heterocycles. The molecule has 6 nitrogen and oxygen atoms in total. The van der Waals surface area contributed by atoms with E-state index in [2.05, 4.69) is 30.1 Å². The van der Waals surface area contributed by atoms with Crippen molar-refractivity contribution < 1.29 is 9.53 Å². The molecule has 1 aromatic rings. The maximum atomic E-state index is 12.4. The van der Waals surface area contributed by atoms with Gasteiger partial charge in [-0.25, -0.2) is 0 Å². The van der Waals surface area contributed by atoms with Crippen LogP contribution in [0, 0.1) is 11.8 Å². The predicted molar refractivity (Wildman–Crippen MR) is 108 cm³/mol. The maximum absolute atomic E-state index is 12.4. The summed E-state index contributed by atoms with van der Waals surface area (Å²) >= 11 is 0. The van der Waals surface area contributed by atoms with E-state index in [-0.39, 0.29) is 29.7 Å². The van der Waals surface area contributed by atoms with Crippen molar-refractivity contribution in [2.75, 3.05) is 26.2 Å². The standard InChI is InChI=1S/C22H31N3O3/c1-16(2)6-5-10-24-13-18-17(19-8-9-22(18,15-24)28-19)12-23-20(26)14-25-11-4-3-7-21(25)27/h3-4,6-7,11,17-19H,5,8-10,12-15H2,1-2H3,(H,23,26)/t17-,18+,19+,22+/m0/s1. The third-order valence-corrected chi connectivity index (χ3v) is 6.60. The fourth-order valence-corrected chi connectivity index (χ4v) is 5.30. The van der Waals surface area contributed by atoms with E-state index in [1.807, 2.05) is 0 Å². The number of allylic oxidation sites excluding steroid dienone is 1. The average molecular weight is 386 g/mol. The van der Waals surface area contributed by atoms with Gasteiger partial charge >= 0.3 is 0 Å². The highest BCUT2D eigenvalue weighted by atomic mass is 16.5. The van der Waals surface area contributed by atoms with Crippen LogP contribution in [0.2, 0.25) is 0 Å². The van der Waals surface area contributed by atoms with Crippen molar-refractivity contribution in [3.05, 3.63) is 46.4 Å². The molecule has 0 unspecified atom stereocenters. The Hall–Kier alpha value is -1.92. The first-order valence-electron chi connectivity index (χ1n) is 10.4. The number of nitrogens with zero attached hydrogens (tertiary/aromatic N) is 2. The van der Waals surface area contributed by atoms with E-state index >= 15 is 0 Å². The highest BCUT2D eigenvalue weighted by Crippen LogP contribution is 2.54. The number of nitrogens with one attached hydrogen (secondary N) is 1. The van der Waals surface area contributed by atoms with E-state index in [0.717, 1.165) is 38.9 Å². The lowest BCUT2D eigenvalue weighted by atomic mass is 9.73. The number of hydrogen-bond acceptors (Lipinski definition) is 4. The summed E-state index contributed by atoms with van der Waals surface area (Å²) in [6, 6.07) is 4.93. The number of likely N-dealkylation sites (tertiary alicyclic amines) is 1. The van der Waals surface area contributed by atoms with Gasteiger partial charge in [0, 0.05) is 50.3 Å². The lowest BCUT2D eigenvalue weighted by molar-refractivity contribution is -0.122. The first-order chi connectivity index (χ1) is 13.5. The first kappa shape index (κ1) is 19.4. The second kappa shape index (κ2) is 7.84. The van der Waals surface area contributed by atoms with Crippen LogP contribution >= 0.6 is 0 Å². The molecule has 2 bridgehead atoms. The summed E-state index contributed by atoms with van der Waals surface area (Å²) in [5.41, 5.74) is 1.22. The van der Waals surface area contributed by atoms with Crippen molar-refractivity contribution in [3.63, 3.8) is 0 Å². The Labute approximate surface area is 166 Å². The Morgan fingerprint density at radius 1 is 1.39 bits per heavy atom. The Balaban J connectivity index is 1.33. The lowest BCUT2D eigenvalue weighted by Gasteiger charge is -2.29. The number of rotatable bonds is 7. The zero-order valence-corrected chi connectivity index (χ0v) is 16.9. The zero-order chi connectivity index (χ0) is 19.7. The highest BCUT2D eigenvalue weighted by molar-refractivity contribution is 5.75. The maximum Gasteiger partial charge on any atom is 0.250 e. The number of fused-ring (bicyclic) bond motifs is 1. The fraction of sp³-hybridized carbons (Fsp3) is 0.636. The Morgan fingerprint density at radius 3 is 3.04 bits per heavy atom. The summed E-state index contributed by atoms with van der Waals surface area (Å²) in [6.45, 7) is 8.16. The molecule has 4 atom stereocenters. The first-order valence-corrected chi connectivity index (χ1v) is 10.4. The van der Waals surface area contributed by atoms with Crippen LogP contribution in [0.15, 0.2) is 40.8 Å². The predicted octanol–water partition coefficient (Wildman–Crippen LogP) is 1.80. The third-order valence-electron chi connectivity index (χ3n) is 6.60. The molecule has 0 aromatic carbocycles. The number of carbonyl (C=O) groups is 1. The Kier molecular flexibility index (Phi) is 5.43. The molecule has 3 aliphatic heterocycles. The van der Waals surface area contributed by atoms with E-state index < -0.39 is 0 Å². The number of carbonyl (C=O) groups excluding carboxylic acids is 1. The van der Waals surface area contributed by atoms with Crippen molar-refractivity contribution >= 4 is 5.91 Å². The average Bonchev–Trinajstić information content (AvgIpc) is 3.29. The summed E-state index contributed by atoms with van der Waals surface area (Å²) < 4.78 is 7.90. The number of hydrogen-bond donors (Lipinski definition) is 1. The van der Waals surface area contributed by atoms with Crippen LogP contribution in [-0.4, -0.2) is 53.3 Å². The van der Waals surface area contributed by atoms with Gasteiger partial charge in [-0.2, -0.15) is 0 Å². The SMILES string of the molecule is CC(C)=CCCN1C[C@@H]2[C@H](CNC(=O)Cn3ccccc3=O)[C@H]3CC[C@]2(C1)O3. The molecule has 152 valence electrons. The smallest absolute Gasteiger partial charge is 0.250 e. The van der Waals surface area contributed by atoms with E-state index in [4.69, 9.17) is 4.74 Å². The molecule has 0 saturated carbocycles. The van der Waals surface area contributed by atoms with Crippen LogP contribution in [0.5, 0.6) is 0 Å². The Morgan fingerprint density at radius 2 is 2.25 bits per heavy atom. The summed E-state index contributed by atoms with van der Waals surface area (Å²) in [5, 5.41) is 3.06. The highest BCUT2D eigenvalue weighted by Gasteiger charge is 2.62. The summed E-state index contributed by atoms with van der Waals surface area (Å²) in [4.78, 5) is 26.7. The van der Waals surface area contributed by atoms with Crippen molar-refractivity contribution in [1.82, 2.24) is 14.8 Å². The minimum atomic E-state index is -0.150. The van der Waals surface area contributed by atoms with Gasteiger partial charge in [-0.05, 0) is 39.2 Å². The molecule has 0 aliphatic carbocycles.